The molecule has 1 aliphatic heterocycles. The van der Waals surface area contributed by atoms with Crippen molar-refractivity contribution in [1.29, 1.82) is 0 Å². The minimum atomic E-state index is -2.64. The first-order chi connectivity index (χ1) is 16.5. The Balaban J connectivity index is 1.72. The molecule has 0 spiro atoms. The van der Waals surface area contributed by atoms with Gasteiger partial charge in [0.25, 0.3) is 5.91 Å². The predicted octanol–water partition coefficient (Wildman–Crippen LogP) is 0.827. The first-order valence-electron chi connectivity index (χ1n) is 11.2. The van der Waals surface area contributed by atoms with Gasteiger partial charge in [0.1, 0.15) is 22.8 Å². The number of hydrogen-bond donors (Lipinski definition) is 5. The molecule has 1 aromatic rings. The van der Waals surface area contributed by atoms with Gasteiger partial charge >= 0.3 is 0 Å². The lowest BCUT2D eigenvalue weighted by atomic mass is 9.58. The van der Waals surface area contributed by atoms with Gasteiger partial charge in [-0.15, -0.1) is 0 Å². The summed E-state index contributed by atoms with van der Waals surface area (Å²) in [6, 6.07) is 2.05. The normalized spacial score (nSPS) is 29.8. The van der Waals surface area contributed by atoms with Crippen LogP contribution in [0, 0.1) is 11.8 Å². The van der Waals surface area contributed by atoms with E-state index >= 15 is 0 Å². The average Bonchev–Trinajstić information content (AvgIpc) is 3.30. The van der Waals surface area contributed by atoms with E-state index in [1.54, 1.807) is 26.4 Å². The third kappa shape index (κ3) is 2.96. The molecule has 4 aliphatic rings. The maximum Gasteiger partial charge on any atom is 0.255 e. The quantitative estimate of drug-likeness (QED) is 0.396. The number of ketones is 2. The maximum absolute atomic E-state index is 13.6. The molecule has 0 bridgehead atoms. The Morgan fingerprint density at radius 1 is 1.20 bits per heavy atom. The highest BCUT2D eigenvalue weighted by molar-refractivity contribution is 6.25. The van der Waals surface area contributed by atoms with Gasteiger partial charge in [-0.1, -0.05) is 6.08 Å². The van der Waals surface area contributed by atoms with E-state index in [9.17, 15) is 34.8 Å². The summed E-state index contributed by atoms with van der Waals surface area (Å²) in [6.07, 6.45) is 4.39. The number of amides is 1. The first kappa shape index (κ1) is 23.0. The van der Waals surface area contributed by atoms with Crippen LogP contribution in [-0.2, 0) is 16.0 Å². The number of likely N-dealkylation sites (N-methyl/N-ethyl adjacent to an activating group) is 1. The minimum absolute atomic E-state index is 0.0158. The highest BCUT2D eigenvalue weighted by Crippen LogP contribution is 2.52. The summed E-state index contributed by atoms with van der Waals surface area (Å²) in [5.41, 5.74) is 3.70. The van der Waals surface area contributed by atoms with Crippen molar-refractivity contribution in [3.63, 3.8) is 0 Å². The zero-order chi connectivity index (χ0) is 25.4. The Morgan fingerprint density at radius 3 is 2.51 bits per heavy atom. The van der Waals surface area contributed by atoms with E-state index in [2.05, 4.69) is 4.99 Å². The van der Waals surface area contributed by atoms with E-state index in [0.717, 1.165) is 5.71 Å². The van der Waals surface area contributed by atoms with E-state index in [1.807, 2.05) is 6.08 Å². The van der Waals surface area contributed by atoms with Gasteiger partial charge in [0.15, 0.2) is 11.4 Å². The highest BCUT2D eigenvalue weighted by Gasteiger charge is 2.63. The zero-order valence-electron chi connectivity index (χ0n) is 19.1. The monoisotopic (exact) mass is 479 g/mol. The third-order valence-electron chi connectivity index (χ3n) is 7.56. The van der Waals surface area contributed by atoms with Gasteiger partial charge in [0.05, 0.1) is 17.3 Å². The summed E-state index contributed by atoms with van der Waals surface area (Å²) < 4.78 is 0. The van der Waals surface area contributed by atoms with Gasteiger partial charge in [-0.05, 0) is 50.6 Å². The Labute approximate surface area is 200 Å². The van der Waals surface area contributed by atoms with Crippen LogP contribution in [0.25, 0.3) is 0 Å². The number of carbonyl (C=O) groups excluding carboxylic acids is 3. The van der Waals surface area contributed by atoms with Gasteiger partial charge in [-0.2, -0.15) is 0 Å². The number of carbonyl (C=O) groups is 3. The minimum Gasteiger partial charge on any atom is -0.510 e. The maximum atomic E-state index is 13.6. The van der Waals surface area contributed by atoms with Crippen LogP contribution in [0.5, 0.6) is 5.75 Å². The van der Waals surface area contributed by atoms with Gasteiger partial charge in [0.2, 0.25) is 5.78 Å². The molecule has 6 N–H and O–H groups in total. The van der Waals surface area contributed by atoms with Crippen LogP contribution in [0.1, 0.15) is 34.3 Å². The number of aliphatic hydroxyl groups excluding tert-OH is 2. The van der Waals surface area contributed by atoms with Crippen LogP contribution in [0.15, 0.2) is 52.1 Å². The van der Waals surface area contributed by atoms with Gasteiger partial charge < -0.3 is 26.2 Å². The van der Waals surface area contributed by atoms with Crippen molar-refractivity contribution in [2.45, 2.75) is 30.9 Å². The highest BCUT2D eigenvalue weighted by atomic mass is 16.3. The largest absolute Gasteiger partial charge is 0.510 e. The molecule has 0 saturated carbocycles. The summed E-state index contributed by atoms with van der Waals surface area (Å²) >= 11 is 0. The van der Waals surface area contributed by atoms with E-state index in [1.165, 1.54) is 11.0 Å². The summed E-state index contributed by atoms with van der Waals surface area (Å²) in [5, 5.41) is 44.2. The number of aromatic hydroxyl groups is 1. The summed E-state index contributed by atoms with van der Waals surface area (Å²) in [4.78, 5) is 44.8. The number of primary amides is 1. The number of fused-ring (bicyclic) bond motifs is 3. The second kappa shape index (κ2) is 7.62. The van der Waals surface area contributed by atoms with Crippen LogP contribution in [-0.4, -0.2) is 74.2 Å². The molecule has 3 aliphatic carbocycles. The van der Waals surface area contributed by atoms with Crippen LogP contribution in [0.3, 0.4) is 0 Å². The lowest BCUT2D eigenvalue weighted by Gasteiger charge is -2.50. The zero-order valence-corrected chi connectivity index (χ0v) is 19.1. The predicted molar refractivity (Wildman–Crippen MR) is 124 cm³/mol. The van der Waals surface area contributed by atoms with E-state index in [4.69, 9.17) is 5.73 Å². The number of hydrogen-bond acceptors (Lipinski definition) is 9. The molecule has 0 fully saturated rings. The number of aliphatic imine (C=N–C) groups is 1. The molecule has 10 heteroatoms. The summed E-state index contributed by atoms with van der Waals surface area (Å²) in [7, 11) is 3.18. The van der Waals surface area contributed by atoms with Crippen molar-refractivity contribution in [1.82, 2.24) is 4.90 Å². The van der Waals surface area contributed by atoms with Crippen molar-refractivity contribution >= 4 is 23.2 Å². The molecule has 0 aromatic heterocycles. The summed E-state index contributed by atoms with van der Waals surface area (Å²) in [5.74, 6) is -6.63. The van der Waals surface area contributed by atoms with E-state index in [-0.39, 0.29) is 29.7 Å². The van der Waals surface area contributed by atoms with Crippen molar-refractivity contribution in [2.75, 3.05) is 14.1 Å². The fraction of sp³-hybridized carbons (Fsp3) is 0.360. The fourth-order valence-corrected chi connectivity index (χ4v) is 6.06. The molecule has 0 saturated heterocycles. The molecule has 5 rings (SSSR count). The second-order valence-corrected chi connectivity index (χ2v) is 9.61. The van der Waals surface area contributed by atoms with E-state index in [0.29, 0.717) is 17.5 Å². The lowest BCUT2D eigenvalue weighted by Crippen LogP contribution is -2.63. The van der Waals surface area contributed by atoms with Crippen LogP contribution in [0.4, 0.5) is 0 Å². The first-order valence-corrected chi connectivity index (χ1v) is 11.2. The number of Topliss-reactive ketones (excluding diaryl/α,β-unsaturated/α-hetero) is 2. The number of benzene rings is 1. The number of phenolic OH excluding ortho intramolecular Hbond substituents is 1. The third-order valence-corrected chi connectivity index (χ3v) is 7.56. The van der Waals surface area contributed by atoms with Crippen molar-refractivity contribution in [3.05, 3.63) is 63.8 Å². The molecule has 1 aromatic carbocycles. The van der Waals surface area contributed by atoms with Gasteiger partial charge in [-0.3, -0.25) is 24.3 Å². The Kier molecular flexibility index (Phi) is 5.01. The molecule has 182 valence electrons. The molecular weight excluding hydrogens is 454 g/mol. The van der Waals surface area contributed by atoms with Gasteiger partial charge in [-0.25, -0.2) is 0 Å². The molecule has 35 heavy (non-hydrogen) atoms. The second-order valence-electron chi connectivity index (χ2n) is 9.61. The Bertz CT molecular complexity index is 1340. The van der Waals surface area contributed by atoms with Crippen molar-refractivity contribution in [3.8, 4) is 5.75 Å². The number of phenols is 1. The molecule has 10 nitrogen and oxygen atoms in total. The number of nitrogens with two attached hydrogens (primary N) is 1. The molecule has 0 radical (unpaired) electrons. The standard InChI is InChI=1S/C25H25N3O7/c1-28(2)19-13-9-10-8-12-11(14-4-3-7-27-14)5-6-15(29)17(12)20(30)16(10)22(32)25(13,35)23(33)18(21(19)31)24(26)34/h3,5-7,10,13,19,29,31-32,35H,4,8-9H2,1-2H3,(H2,26,34)/t10-,13-,19-,25-/m0/s1. The summed E-state index contributed by atoms with van der Waals surface area (Å²) in [6.45, 7) is 0. The fourth-order valence-electron chi connectivity index (χ4n) is 6.06. The average molecular weight is 479 g/mol. The van der Waals surface area contributed by atoms with E-state index < -0.39 is 58.0 Å². The van der Waals surface area contributed by atoms with Crippen molar-refractivity contribution in [2.24, 2.45) is 22.6 Å². The number of nitrogens with zero attached hydrogens (tertiary/aromatic N) is 2. The Hall–Kier alpha value is -3.76. The molecule has 1 heterocycles. The SMILES string of the molecule is CN(C)[C@@H]1C(O)=C(C(N)=O)C(=O)[C@@]2(O)C(O)=C3C(=O)c4c(O)ccc(C5=NC=CC5)c4C[C@H]3C[C@@H]12. The Morgan fingerprint density at radius 2 is 1.91 bits per heavy atom. The van der Waals surface area contributed by atoms with Crippen LogP contribution < -0.4 is 5.73 Å². The molecule has 1 amide bonds. The van der Waals surface area contributed by atoms with Gasteiger partial charge in [0, 0.05) is 29.7 Å². The number of aliphatic hydroxyl groups is 3. The lowest BCUT2D eigenvalue weighted by molar-refractivity contribution is -0.148. The topological polar surface area (TPSA) is 174 Å². The van der Waals surface area contributed by atoms with Crippen molar-refractivity contribution < 1.29 is 34.8 Å². The molecule has 4 atom stereocenters. The van der Waals surface area contributed by atoms with Crippen LogP contribution >= 0.6 is 0 Å². The number of allylic oxidation sites excluding steroid dienone is 2. The smallest absolute Gasteiger partial charge is 0.255 e. The molecule has 0 unspecified atom stereocenters. The number of rotatable bonds is 3. The molecular formula is C25H25N3O7. The van der Waals surface area contributed by atoms with Crippen LogP contribution in [0.2, 0.25) is 0 Å².